The molecule has 0 bridgehead atoms. The molecule has 18 heavy (non-hydrogen) atoms. The van der Waals surface area contributed by atoms with E-state index in [-0.39, 0.29) is 5.82 Å². The van der Waals surface area contributed by atoms with Crippen molar-refractivity contribution < 1.29 is 9.13 Å². The molecule has 3 nitrogen and oxygen atoms in total. The highest BCUT2D eigenvalue weighted by atomic mass is 35.5. The molecule has 0 atom stereocenters. The molecule has 1 N–H and O–H groups in total. The van der Waals surface area contributed by atoms with Crippen molar-refractivity contribution >= 4 is 17.3 Å². The van der Waals surface area contributed by atoms with Crippen molar-refractivity contribution in [3.05, 3.63) is 41.4 Å². The van der Waals surface area contributed by atoms with E-state index in [9.17, 15) is 4.39 Å². The van der Waals surface area contributed by atoms with E-state index in [1.54, 1.807) is 25.4 Å². The van der Waals surface area contributed by atoms with Crippen molar-refractivity contribution in [2.45, 2.75) is 0 Å². The van der Waals surface area contributed by atoms with Crippen LogP contribution in [0.5, 0.6) is 5.75 Å². The number of aromatic nitrogens is 1. The van der Waals surface area contributed by atoms with Crippen molar-refractivity contribution in [1.82, 2.24) is 4.98 Å². The molecule has 2 rings (SSSR count). The van der Waals surface area contributed by atoms with Crippen LogP contribution in [0.1, 0.15) is 0 Å². The van der Waals surface area contributed by atoms with E-state index in [4.69, 9.17) is 16.3 Å². The first-order valence-corrected chi connectivity index (χ1v) is 5.71. The molecule has 0 saturated carbocycles. The fourth-order valence-corrected chi connectivity index (χ4v) is 2.04. The van der Waals surface area contributed by atoms with Crippen LogP contribution < -0.4 is 10.1 Å². The summed E-state index contributed by atoms with van der Waals surface area (Å²) in [7, 11) is 3.25. The highest BCUT2D eigenvalue weighted by molar-refractivity contribution is 6.32. The predicted octanol–water partition coefficient (Wildman–Crippen LogP) is 3.59. The van der Waals surface area contributed by atoms with Gasteiger partial charge in [-0.2, -0.15) is 0 Å². The lowest BCUT2D eigenvalue weighted by Crippen LogP contribution is -1.97. The van der Waals surface area contributed by atoms with E-state index >= 15 is 0 Å². The third kappa shape index (κ3) is 2.24. The van der Waals surface area contributed by atoms with Gasteiger partial charge in [-0.25, -0.2) is 9.37 Å². The van der Waals surface area contributed by atoms with Gasteiger partial charge in [0.1, 0.15) is 11.6 Å². The maximum Gasteiger partial charge on any atom is 0.152 e. The van der Waals surface area contributed by atoms with Gasteiger partial charge in [-0.05, 0) is 18.2 Å². The topological polar surface area (TPSA) is 34.1 Å². The summed E-state index contributed by atoms with van der Waals surface area (Å²) < 4.78 is 18.4. The van der Waals surface area contributed by atoms with Crippen LogP contribution in [0.3, 0.4) is 0 Å². The number of pyridine rings is 1. The van der Waals surface area contributed by atoms with Gasteiger partial charge >= 0.3 is 0 Å². The van der Waals surface area contributed by atoms with Crippen LogP contribution in [0.4, 0.5) is 10.1 Å². The Bertz CT molecular complexity index is 575. The molecule has 0 spiro atoms. The number of halogens is 2. The Labute approximate surface area is 110 Å². The number of rotatable bonds is 3. The first-order chi connectivity index (χ1) is 8.67. The lowest BCUT2D eigenvalue weighted by atomic mass is 10.0. The van der Waals surface area contributed by atoms with E-state index in [1.807, 2.05) is 0 Å². The van der Waals surface area contributed by atoms with Gasteiger partial charge in [-0.15, -0.1) is 0 Å². The second-order valence-electron chi connectivity index (χ2n) is 3.62. The number of methoxy groups -OCH3 is 1. The molecule has 0 radical (unpaired) electrons. The summed E-state index contributed by atoms with van der Waals surface area (Å²) >= 11 is 6.02. The van der Waals surface area contributed by atoms with E-state index in [0.29, 0.717) is 16.6 Å². The largest absolute Gasteiger partial charge is 0.496 e. The summed E-state index contributed by atoms with van der Waals surface area (Å²) in [5, 5.41) is 3.35. The molecule has 1 aromatic carbocycles. The standard InChI is InChI=1S/C13H12ClFN2O/c1-16-12-10(5-6-17-13(12)14)9-4-3-8(15)7-11(9)18-2/h3-7,16H,1-2H3. The predicted molar refractivity (Wildman–Crippen MR) is 70.7 cm³/mol. The Morgan fingerprint density at radius 1 is 1.28 bits per heavy atom. The average molecular weight is 267 g/mol. The van der Waals surface area contributed by atoms with E-state index < -0.39 is 0 Å². The molecule has 0 amide bonds. The minimum absolute atomic E-state index is 0.346. The zero-order valence-electron chi connectivity index (χ0n) is 10.00. The number of ether oxygens (including phenoxy) is 1. The molecule has 0 aliphatic rings. The van der Waals surface area contributed by atoms with Crippen molar-refractivity contribution in [1.29, 1.82) is 0 Å². The Morgan fingerprint density at radius 3 is 2.72 bits per heavy atom. The number of nitrogens with one attached hydrogen (secondary N) is 1. The van der Waals surface area contributed by atoms with E-state index in [0.717, 1.165) is 11.1 Å². The van der Waals surface area contributed by atoms with Crippen LogP contribution in [0.25, 0.3) is 11.1 Å². The minimum Gasteiger partial charge on any atom is -0.496 e. The normalized spacial score (nSPS) is 10.2. The first-order valence-electron chi connectivity index (χ1n) is 5.33. The molecule has 0 fully saturated rings. The second kappa shape index (κ2) is 5.23. The van der Waals surface area contributed by atoms with Crippen molar-refractivity contribution in [3.63, 3.8) is 0 Å². The zero-order valence-corrected chi connectivity index (χ0v) is 10.8. The maximum absolute atomic E-state index is 13.2. The molecule has 0 unspecified atom stereocenters. The summed E-state index contributed by atoms with van der Waals surface area (Å²) in [5.41, 5.74) is 2.26. The lowest BCUT2D eigenvalue weighted by Gasteiger charge is -2.13. The number of anilines is 1. The highest BCUT2D eigenvalue weighted by Gasteiger charge is 2.13. The summed E-state index contributed by atoms with van der Waals surface area (Å²) in [5.74, 6) is 0.107. The molecule has 0 saturated heterocycles. The average Bonchev–Trinajstić information content (AvgIpc) is 2.38. The Hall–Kier alpha value is -1.81. The van der Waals surface area contributed by atoms with Crippen LogP contribution in [0.2, 0.25) is 5.15 Å². The molecule has 5 heteroatoms. The van der Waals surface area contributed by atoms with Gasteiger partial charge < -0.3 is 10.1 Å². The molecule has 1 heterocycles. The summed E-state index contributed by atoms with van der Waals surface area (Å²) in [6.07, 6.45) is 1.60. The minimum atomic E-state index is -0.346. The fraction of sp³-hybridized carbons (Fsp3) is 0.154. The van der Waals surface area contributed by atoms with Crippen LogP contribution in [0.15, 0.2) is 30.5 Å². The van der Waals surface area contributed by atoms with Gasteiger partial charge in [0.2, 0.25) is 0 Å². The smallest absolute Gasteiger partial charge is 0.152 e. The van der Waals surface area contributed by atoms with Crippen LogP contribution in [-0.2, 0) is 0 Å². The van der Waals surface area contributed by atoms with Gasteiger partial charge in [0.05, 0.1) is 12.8 Å². The zero-order chi connectivity index (χ0) is 13.1. The molecule has 1 aromatic heterocycles. The second-order valence-corrected chi connectivity index (χ2v) is 3.98. The summed E-state index contributed by atoms with van der Waals surface area (Å²) in [6, 6.07) is 6.17. The monoisotopic (exact) mass is 266 g/mol. The Kier molecular flexibility index (Phi) is 3.67. The maximum atomic E-state index is 13.2. The number of hydrogen-bond donors (Lipinski definition) is 1. The van der Waals surface area contributed by atoms with Gasteiger partial charge in [0.25, 0.3) is 0 Å². The first kappa shape index (κ1) is 12.6. The lowest BCUT2D eigenvalue weighted by molar-refractivity contribution is 0.413. The van der Waals surface area contributed by atoms with Crippen LogP contribution in [0, 0.1) is 5.82 Å². The molecular formula is C13H12ClFN2O. The molecular weight excluding hydrogens is 255 g/mol. The molecule has 2 aromatic rings. The van der Waals surface area contributed by atoms with Crippen molar-refractivity contribution in [2.75, 3.05) is 19.5 Å². The van der Waals surface area contributed by atoms with Gasteiger partial charge in [-0.3, -0.25) is 0 Å². The quantitative estimate of drug-likeness (QED) is 0.862. The molecule has 94 valence electrons. The SMILES string of the molecule is CNc1c(-c2ccc(F)cc2OC)ccnc1Cl. The van der Waals surface area contributed by atoms with Gasteiger partial charge in [0.15, 0.2) is 5.15 Å². The number of nitrogens with zero attached hydrogens (tertiary/aromatic N) is 1. The fourth-order valence-electron chi connectivity index (χ4n) is 1.79. The van der Waals surface area contributed by atoms with E-state index in [1.165, 1.54) is 19.2 Å². The van der Waals surface area contributed by atoms with Crippen LogP contribution >= 0.6 is 11.6 Å². The third-order valence-corrected chi connectivity index (χ3v) is 2.90. The highest BCUT2D eigenvalue weighted by Crippen LogP contribution is 2.37. The number of benzene rings is 1. The summed E-state index contributed by atoms with van der Waals surface area (Å²) in [6.45, 7) is 0. The molecule has 0 aliphatic heterocycles. The third-order valence-electron chi connectivity index (χ3n) is 2.61. The van der Waals surface area contributed by atoms with Crippen LogP contribution in [-0.4, -0.2) is 19.1 Å². The molecule has 0 aliphatic carbocycles. The van der Waals surface area contributed by atoms with Crippen molar-refractivity contribution in [3.8, 4) is 16.9 Å². The van der Waals surface area contributed by atoms with Gasteiger partial charge in [0, 0.05) is 30.4 Å². The number of hydrogen-bond acceptors (Lipinski definition) is 3. The van der Waals surface area contributed by atoms with E-state index in [2.05, 4.69) is 10.3 Å². The van der Waals surface area contributed by atoms with Crippen molar-refractivity contribution in [2.24, 2.45) is 0 Å². The summed E-state index contributed by atoms with van der Waals surface area (Å²) in [4.78, 5) is 4.00. The van der Waals surface area contributed by atoms with Gasteiger partial charge in [-0.1, -0.05) is 11.6 Å². The Morgan fingerprint density at radius 2 is 2.06 bits per heavy atom. The Balaban J connectivity index is 2.65.